The van der Waals surface area contributed by atoms with E-state index in [9.17, 15) is 21.2 Å². The van der Waals surface area contributed by atoms with Crippen LogP contribution in [0, 0.1) is 5.82 Å². The van der Waals surface area contributed by atoms with E-state index >= 15 is 0 Å². The first-order valence-electron chi connectivity index (χ1n) is 4.90. The van der Waals surface area contributed by atoms with Crippen molar-refractivity contribution in [2.75, 3.05) is 19.3 Å². The summed E-state index contributed by atoms with van der Waals surface area (Å²) in [4.78, 5) is -0.0803. The van der Waals surface area contributed by atoms with Crippen LogP contribution in [-0.2, 0) is 20.0 Å². The maximum atomic E-state index is 12.6. The lowest BCUT2D eigenvalue weighted by Crippen LogP contribution is -2.34. The minimum absolute atomic E-state index is 0.0563. The summed E-state index contributed by atoms with van der Waals surface area (Å²) in [5.41, 5.74) is 0. The van der Waals surface area contributed by atoms with E-state index in [0.717, 1.165) is 30.5 Å². The van der Waals surface area contributed by atoms with E-state index in [1.807, 2.05) is 0 Å². The Morgan fingerprint density at radius 1 is 1.00 bits per heavy atom. The lowest BCUT2D eigenvalue weighted by molar-refractivity contribution is 0.572. The third-order valence-electron chi connectivity index (χ3n) is 1.91. The molecule has 1 aromatic rings. The molecule has 0 unspecified atom stereocenters. The molecule has 0 spiro atoms. The summed E-state index contributed by atoms with van der Waals surface area (Å²) in [6.45, 7) is -0.147. The largest absolute Gasteiger partial charge is 0.240 e. The normalized spacial score (nSPS) is 12.6. The van der Waals surface area contributed by atoms with Crippen molar-refractivity contribution in [3.05, 3.63) is 30.1 Å². The topological polar surface area (TPSA) is 92.3 Å². The highest BCUT2D eigenvalue weighted by molar-refractivity contribution is 7.89. The van der Waals surface area contributed by atoms with E-state index < -0.39 is 25.9 Å². The lowest BCUT2D eigenvalue weighted by Gasteiger charge is -2.06. The zero-order valence-electron chi connectivity index (χ0n) is 9.55. The van der Waals surface area contributed by atoms with E-state index in [1.165, 1.54) is 0 Å². The Balaban J connectivity index is 2.58. The van der Waals surface area contributed by atoms with Crippen molar-refractivity contribution in [2.45, 2.75) is 4.90 Å². The predicted molar refractivity (Wildman–Crippen MR) is 64.4 cm³/mol. The van der Waals surface area contributed by atoms with Gasteiger partial charge in [0.15, 0.2) is 0 Å². The molecular formula is C9H13FN2O4S2. The first kappa shape index (κ1) is 15.0. The number of hydrogen-bond acceptors (Lipinski definition) is 4. The maximum Gasteiger partial charge on any atom is 0.240 e. The monoisotopic (exact) mass is 296 g/mol. The average Bonchev–Trinajstić information content (AvgIpc) is 2.24. The second kappa shape index (κ2) is 5.74. The fourth-order valence-electron chi connectivity index (χ4n) is 1.12. The molecule has 0 saturated carbocycles. The van der Waals surface area contributed by atoms with Crippen LogP contribution in [0.2, 0.25) is 0 Å². The standard InChI is InChI=1S/C9H13FN2O4S2/c1-17(13,14)11-6-7-12-18(15,16)9-4-2-8(10)3-5-9/h2-5,11-12H,6-7H2,1H3. The van der Waals surface area contributed by atoms with E-state index in [-0.39, 0.29) is 18.0 Å². The number of benzene rings is 1. The number of rotatable bonds is 6. The first-order valence-corrected chi connectivity index (χ1v) is 8.28. The van der Waals surface area contributed by atoms with E-state index in [1.54, 1.807) is 0 Å². The van der Waals surface area contributed by atoms with Gasteiger partial charge in [-0.1, -0.05) is 0 Å². The van der Waals surface area contributed by atoms with Crippen LogP contribution in [0.15, 0.2) is 29.2 Å². The maximum absolute atomic E-state index is 12.6. The van der Waals surface area contributed by atoms with Crippen LogP contribution in [0.25, 0.3) is 0 Å². The van der Waals surface area contributed by atoms with Crippen molar-refractivity contribution in [3.63, 3.8) is 0 Å². The predicted octanol–water partition coefficient (Wildman–Crippen LogP) is -0.347. The van der Waals surface area contributed by atoms with Gasteiger partial charge in [-0.25, -0.2) is 30.7 Å². The molecule has 1 aromatic carbocycles. The first-order chi connectivity index (χ1) is 8.21. The van der Waals surface area contributed by atoms with E-state index in [0.29, 0.717) is 0 Å². The Bertz CT molecular complexity index is 596. The van der Waals surface area contributed by atoms with E-state index in [2.05, 4.69) is 9.44 Å². The zero-order valence-corrected chi connectivity index (χ0v) is 11.2. The molecule has 0 bridgehead atoms. The quantitative estimate of drug-likeness (QED) is 0.702. The minimum Gasteiger partial charge on any atom is -0.214 e. The van der Waals surface area contributed by atoms with Gasteiger partial charge < -0.3 is 0 Å². The number of halogens is 1. The van der Waals surface area contributed by atoms with E-state index in [4.69, 9.17) is 0 Å². The van der Waals surface area contributed by atoms with Gasteiger partial charge in [0.1, 0.15) is 5.82 Å². The molecule has 0 fully saturated rings. The van der Waals surface area contributed by atoms with Crippen LogP contribution in [0.1, 0.15) is 0 Å². The number of hydrogen-bond donors (Lipinski definition) is 2. The third-order valence-corrected chi connectivity index (χ3v) is 4.11. The molecule has 0 saturated heterocycles. The summed E-state index contributed by atoms with van der Waals surface area (Å²) in [5, 5.41) is 0. The van der Waals surface area contributed by atoms with Crippen LogP contribution in [-0.4, -0.2) is 36.2 Å². The molecule has 0 amide bonds. The van der Waals surface area contributed by atoms with Gasteiger partial charge >= 0.3 is 0 Å². The molecule has 102 valence electrons. The van der Waals surface area contributed by atoms with Gasteiger partial charge in [-0.05, 0) is 24.3 Å². The Morgan fingerprint density at radius 2 is 1.50 bits per heavy atom. The second-order valence-corrected chi connectivity index (χ2v) is 7.12. The Kier molecular flexibility index (Phi) is 4.79. The minimum atomic E-state index is -3.75. The highest BCUT2D eigenvalue weighted by atomic mass is 32.2. The van der Waals surface area contributed by atoms with Crippen molar-refractivity contribution >= 4 is 20.0 Å². The number of nitrogens with one attached hydrogen (secondary N) is 2. The van der Waals surface area contributed by atoms with Gasteiger partial charge in [-0.2, -0.15) is 0 Å². The Morgan fingerprint density at radius 3 is 2.00 bits per heavy atom. The molecule has 0 aliphatic rings. The second-order valence-electron chi connectivity index (χ2n) is 3.52. The molecule has 6 nitrogen and oxygen atoms in total. The van der Waals surface area contributed by atoms with Gasteiger partial charge in [-0.15, -0.1) is 0 Å². The van der Waals surface area contributed by atoms with Crippen molar-refractivity contribution in [1.29, 1.82) is 0 Å². The fraction of sp³-hybridized carbons (Fsp3) is 0.333. The van der Waals surface area contributed by atoms with Gasteiger partial charge in [0.25, 0.3) is 0 Å². The molecule has 0 radical (unpaired) electrons. The van der Waals surface area contributed by atoms with Gasteiger partial charge in [0.05, 0.1) is 11.2 Å². The molecule has 0 aliphatic heterocycles. The zero-order chi connectivity index (χ0) is 13.8. The molecule has 0 atom stereocenters. The summed E-state index contributed by atoms with van der Waals surface area (Å²) in [7, 11) is -7.09. The molecule has 0 aliphatic carbocycles. The van der Waals surface area contributed by atoms with Crippen LogP contribution in [0.5, 0.6) is 0 Å². The summed E-state index contributed by atoms with van der Waals surface area (Å²) in [6, 6.07) is 4.32. The van der Waals surface area contributed by atoms with Gasteiger partial charge in [-0.3, -0.25) is 0 Å². The Labute approximate surface area is 105 Å². The Hall–Kier alpha value is -1.03. The lowest BCUT2D eigenvalue weighted by atomic mass is 10.4. The molecule has 2 N–H and O–H groups in total. The molecule has 1 rings (SSSR count). The SMILES string of the molecule is CS(=O)(=O)NCCNS(=O)(=O)c1ccc(F)cc1. The summed E-state index contributed by atoms with van der Waals surface area (Å²) >= 11 is 0. The van der Waals surface area contributed by atoms with Gasteiger partial charge in [0, 0.05) is 13.1 Å². The van der Waals surface area contributed by atoms with Crippen LogP contribution in [0.4, 0.5) is 4.39 Å². The van der Waals surface area contributed by atoms with Crippen LogP contribution in [0.3, 0.4) is 0 Å². The molecule has 0 aromatic heterocycles. The highest BCUT2D eigenvalue weighted by Crippen LogP contribution is 2.08. The van der Waals surface area contributed by atoms with Crippen molar-refractivity contribution in [3.8, 4) is 0 Å². The van der Waals surface area contributed by atoms with Crippen LogP contribution < -0.4 is 9.44 Å². The smallest absolute Gasteiger partial charge is 0.214 e. The average molecular weight is 296 g/mol. The summed E-state index contributed by atoms with van der Waals surface area (Å²) in [5.74, 6) is -0.535. The van der Waals surface area contributed by atoms with Crippen LogP contribution >= 0.6 is 0 Å². The number of sulfonamides is 2. The molecular weight excluding hydrogens is 283 g/mol. The van der Waals surface area contributed by atoms with Crippen molar-refractivity contribution in [2.24, 2.45) is 0 Å². The van der Waals surface area contributed by atoms with Crippen molar-refractivity contribution < 1.29 is 21.2 Å². The molecule has 9 heteroatoms. The molecule has 18 heavy (non-hydrogen) atoms. The molecule has 0 heterocycles. The van der Waals surface area contributed by atoms with Gasteiger partial charge in [0.2, 0.25) is 20.0 Å². The summed E-state index contributed by atoms with van der Waals surface area (Å²) in [6.07, 6.45) is 0.974. The summed E-state index contributed by atoms with van der Waals surface area (Å²) < 4.78 is 61.7. The highest BCUT2D eigenvalue weighted by Gasteiger charge is 2.13. The fourth-order valence-corrected chi connectivity index (χ4v) is 2.62. The third kappa shape index (κ3) is 5.08. The van der Waals surface area contributed by atoms with Crippen molar-refractivity contribution in [1.82, 2.24) is 9.44 Å².